The Balaban J connectivity index is 1.51. The molecule has 0 saturated carbocycles. The molecule has 0 bridgehead atoms. The summed E-state index contributed by atoms with van der Waals surface area (Å²) in [7, 11) is 0. The second kappa shape index (κ2) is 11.6. The fraction of sp³-hybridized carbons (Fsp3) is 0.308. The Bertz CT molecular complexity index is 1000. The SMILES string of the molecule is CCCCCCCCc1ccc(C(=O)Oc2cnc(-c3ccc(C#N)cc3)cn2)cc1. The van der Waals surface area contributed by atoms with Crippen LogP contribution in [0.25, 0.3) is 11.3 Å². The Morgan fingerprint density at radius 1 is 0.903 bits per heavy atom. The maximum Gasteiger partial charge on any atom is 0.344 e. The van der Waals surface area contributed by atoms with Crippen molar-refractivity contribution in [1.82, 2.24) is 9.97 Å². The van der Waals surface area contributed by atoms with E-state index in [2.05, 4.69) is 23.0 Å². The van der Waals surface area contributed by atoms with Crippen LogP contribution in [0.1, 0.15) is 66.9 Å². The van der Waals surface area contributed by atoms with E-state index >= 15 is 0 Å². The third-order valence-electron chi connectivity index (χ3n) is 5.14. The van der Waals surface area contributed by atoms with E-state index in [1.165, 1.54) is 50.3 Å². The van der Waals surface area contributed by atoms with Crippen molar-refractivity contribution < 1.29 is 9.53 Å². The van der Waals surface area contributed by atoms with Crippen LogP contribution in [0, 0.1) is 11.3 Å². The molecule has 3 rings (SSSR count). The van der Waals surface area contributed by atoms with Gasteiger partial charge >= 0.3 is 5.97 Å². The van der Waals surface area contributed by atoms with Crippen molar-refractivity contribution in [2.75, 3.05) is 0 Å². The van der Waals surface area contributed by atoms with Gasteiger partial charge in [-0.1, -0.05) is 63.3 Å². The van der Waals surface area contributed by atoms with Crippen molar-refractivity contribution in [2.24, 2.45) is 0 Å². The third-order valence-corrected chi connectivity index (χ3v) is 5.14. The second-order valence-electron chi connectivity index (χ2n) is 7.53. The monoisotopic (exact) mass is 413 g/mol. The molecule has 158 valence electrons. The van der Waals surface area contributed by atoms with Gasteiger partial charge in [0.2, 0.25) is 5.88 Å². The van der Waals surface area contributed by atoms with Crippen molar-refractivity contribution >= 4 is 5.97 Å². The number of nitrogens with zero attached hydrogens (tertiary/aromatic N) is 3. The van der Waals surface area contributed by atoms with Crippen LogP contribution in [-0.4, -0.2) is 15.9 Å². The highest BCUT2D eigenvalue weighted by Crippen LogP contribution is 2.19. The lowest BCUT2D eigenvalue weighted by Gasteiger charge is -2.06. The van der Waals surface area contributed by atoms with E-state index in [0.717, 1.165) is 12.0 Å². The van der Waals surface area contributed by atoms with Crippen molar-refractivity contribution in [1.29, 1.82) is 5.26 Å². The van der Waals surface area contributed by atoms with Crippen LogP contribution >= 0.6 is 0 Å². The highest BCUT2D eigenvalue weighted by atomic mass is 16.5. The van der Waals surface area contributed by atoms with Crippen LogP contribution < -0.4 is 4.74 Å². The zero-order chi connectivity index (χ0) is 21.9. The summed E-state index contributed by atoms with van der Waals surface area (Å²) >= 11 is 0. The van der Waals surface area contributed by atoms with Gasteiger partial charge in [0.1, 0.15) is 0 Å². The van der Waals surface area contributed by atoms with Gasteiger partial charge in [-0.2, -0.15) is 5.26 Å². The van der Waals surface area contributed by atoms with E-state index in [1.54, 1.807) is 42.6 Å². The lowest BCUT2D eigenvalue weighted by molar-refractivity contribution is 0.0727. The summed E-state index contributed by atoms with van der Waals surface area (Å²) in [6.07, 6.45) is 11.6. The van der Waals surface area contributed by atoms with Crippen LogP contribution in [-0.2, 0) is 6.42 Å². The molecule has 0 saturated heterocycles. The van der Waals surface area contributed by atoms with Gasteiger partial charge < -0.3 is 4.74 Å². The van der Waals surface area contributed by atoms with Crippen LogP contribution in [0.5, 0.6) is 5.88 Å². The fourth-order valence-electron chi connectivity index (χ4n) is 3.30. The standard InChI is InChI=1S/C26H27N3O2/c1-2-3-4-5-6-7-8-20-9-15-23(16-10-20)26(30)31-25-19-28-24(18-29-25)22-13-11-21(17-27)12-14-22/h9-16,18-19H,2-8H2,1H3. The molecule has 2 aromatic carbocycles. The zero-order valence-corrected chi connectivity index (χ0v) is 17.9. The minimum Gasteiger partial charge on any atom is -0.402 e. The highest BCUT2D eigenvalue weighted by molar-refractivity contribution is 5.90. The Morgan fingerprint density at radius 2 is 1.61 bits per heavy atom. The number of carbonyl (C=O) groups is 1. The quantitative estimate of drug-likeness (QED) is 0.295. The first kappa shape index (κ1) is 22.2. The summed E-state index contributed by atoms with van der Waals surface area (Å²) in [4.78, 5) is 20.9. The average molecular weight is 414 g/mol. The lowest BCUT2D eigenvalue weighted by Crippen LogP contribution is -2.09. The number of aryl methyl sites for hydroxylation is 1. The molecule has 0 unspecified atom stereocenters. The minimum atomic E-state index is -0.452. The van der Waals surface area contributed by atoms with Crippen LogP contribution in [0.15, 0.2) is 60.9 Å². The van der Waals surface area contributed by atoms with Crippen molar-refractivity contribution in [3.63, 3.8) is 0 Å². The molecule has 0 amide bonds. The average Bonchev–Trinajstić information content (AvgIpc) is 2.82. The molecule has 0 atom stereocenters. The number of carbonyl (C=O) groups excluding carboxylic acids is 1. The molecule has 1 aromatic heterocycles. The molecular weight excluding hydrogens is 386 g/mol. The molecule has 0 aliphatic rings. The van der Waals surface area contributed by atoms with E-state index in [0.29, 0.717) is 16.8 Å². The number of nitriles is 1. The number of unbranched alkanes of at least 4 members (excludes halogenated alkanes) is 5. The maximum atomic E-state index is 12.4. The number of rotatable bonds is 10. The lowest BCUT2D eigenvalue weighted by atomic mass is 10.0. The number of hydrogen-bond donors (Lipinski definition) is 0. The maximum absolute atomic E-state index is 12.4. The Kier molecular flexibility index (Phi) is 8.30. The van der Waals surface area contributed by atoms with Crippen molar-refractivity contribution in [3.8, 4) is 23.2 Å². The highest BCUT2D eigenvalue weighted by Gasteiger charge is 2.10. The van der Waals surface area contributed by atoms with Gasteiger partial charge in [-0.25, -0.2) is 14.8 Å². The Morgan fingerprint density at radius 3 is 2.26 bits per heavy atom. The predicted octanol–water partition coefficient (Wildman–Crippen LogP) is 6.14. The van der Waals surface area contributed by atoms with Crippen LogP contribution in [0.2, 0.25) is 0 Å². The molecule has 0 aliphatic carbocycles. The van der Waals surface area contributed by atoms with E-state index < -0.39 is 5.97 Å². The molecule has 1 heterocycles. The van der Waals surface area contributed by atoms with Gasteiger partial charge in [-0.05, 0) is 42.7 Å². The number of benzene rings is 2. The van der Waals surface area contributed by atoms with Crippen LogP contribution in [0.3, 0.4) is 0 Å². The normalized spacial score (nSPS) is 10.5. The summed E-state index contributed by atoms with van der Waals surface area (Å²) in [6, 6.07) is 16.7. The summed E-state index contributed by atoms with van der Waals surface area (Å²) in [6.45, 7) is 2.23. The summed E-state index contributed by atoms with van der Waals surface area (Å²) in [5, 5.41) is 8.88. The van der Waals surface area contributed by atoms with E-state index in [4.69, 9.17) is 10.00 Å². The van der Waals surface area contributed by atoms with Crippen LogP contribution in [0.4, 0.5) is 0 Å². The summed E-state index contributed by atoms with van der Waals surface area (Å²) in [5.74, 6) is -0.301. The first-order chi connectivity index (χ1) is 15.2. The number of esters is 1. The molecule has 0 fully saturated rings. The first-order valence-corrected chi connectivity index (χ1v) is 10.8. The molecule has 5 nitrogen and oxygen atoms in total. The molecule has 3 aromatic rings. The largest absolute Gasteiger partial charge is 0.402 e. The van der Waals surface area contributed by atoms with Gasteiger partial charge in [0.05, 0.1) is 35.3 Å². The third kappa shape index (κ3) is 6.75. The molecule has 5 heteroatoms. The van der Waals surface area contributed by atoms with Crippen molar-refractivity contribution in [3.05, 3.63) is 77.6 Å². The molecule has 0 radical (unpaired) electrons. The zero-order valence-electron chi connectivity index (χ0n) is 17.9. The van der Waals surface area contributed by atoms with E-state index in [9.17, 15) is 4.79 Å². The number of ether oxygens (including phenoxy) is 1. The summed E-state index contributed by atoms with van der Waals surface area (Å²) < 4.78 is 5.35. The minimum absolute atomic E-state index is 0.151. The Hall–Kier alpha value is -3.52. The summed E-state index contributed by atoms with van der Waals surface area (Å²) in [5.41, 5.74) is 3.79. The first-order valence-electron chi connectivity index (χ1n) is 10.8. The fourth-order valence-corrected chi connectivity index (χ4v) is 3.30. The molecule has 0 N–H and O–H groups in total. The predicted molar refractivity (Wildman–Crippen MR) is 121 cm³/mol. The van der Waals surface area contributed by atoms with Gasteiger partial charge in [0.15, 0.2) is 0 Å². The number of hydrogen-bond acceptors (Lipinski definition) is 5. The van der Waals surface area contributed by atoms with E-state index in [1.807, 2.05) is 12.1 Å². The van der Waals surface area contributed by atoms with Crippen molar-refractivity contribution in [2.45, 2.75) is 51.9 Å². The Labute approximate surface area is 183 Å². The smallest absolute Gasteiger partial charge is 0.344 e. The topological polar surface area (TPSA) is 75.9 Å². The van der Waals surface area contributed by atoms with Gasteiger partial charge in [-0.3, -0.25) is 0 Å². The molecule has 0 spiro atoms. The molecule has 31 heavy (non-hydrogen) atoms. The van der Waals surface area contributed by atoms with Gasteiger partial charge in [0, 0.05) is 5.56 Å². The van der Waals surface area contributed by atoms with Gasteiger partial charge in [-0.15, -0.1) is 0 Å². The molecular formula is C26H27N3O2. The second-order valence-corrected chi connectivity index (χ2v) is 7.53. The molecule has 0 aliphatic heterocycles. The van der Waals surface area contributed by atoms with Gasteiger partial charge in [0.25, 0.3) is 0 Å². The van der Waals surface area contributed by atoms with E-state index in [-0.39, 0.29) is 5.88 Å². The number of aromatic nitrogens is 2.